The lowest BCUT2D eigenvalue weighted by Gasteiger charge is -2.26. The van der Waals surface area contributed by atoms with Crippen molar-refractivity contribution >= 4 is 35.0 Å². The number of carbonyl (C=O) groups excluding carboxylic acids is 4. The van der Waals surface area contributed by atoms with Gasteiger partial charge in [-0.05, 0) is 57.6 Å². The van der Waals surface area contributed by atoms with E-state index < -0.39 is 41.3 Å². The second-order valence-corrected chi connectivity index (χ2v) is 12.1. The molecule has 45 heavy (non-hydrogen) atoms. The fourth-order valence-electron chi connectivity index (χ4n) is 6.56. The number of hydrogen-bond acceptors (Lipinski definition) is 8. The summed E-state index contributed by atoms with van der Waals surface area (Å²) in [4.78, 5) is 62.7. The third-order valence-corrected chi connectivity index (χ3v) is 9.19. The average Bonchev–Trinajstić information content (AvgIpc) is 3.55. The molecule has 3 N–H and O–H groups in total. The first-order chi connectivity index (χ1) is 21.7. The molecule has 0 saturated heterocycles. The van der Waals surface area contributed by atoms with Crippen molar-refractivity contribution in [3.8, 4) is 23.0 Å². The molecule has 1 radical (unpaired) electrons. The van der Waals surface area contributed by atoms with Crippen LogP contribution in [0.2, 0.25) is 0 Å². The van der Waals surface area contributed by atoms with Gasteiger partial charge in [0, 0.05) is 23.6 Å². The number of rotatable bonds is 5. The molecule has 2 aliphatic carbocycles. The van der Waals surface area contributed by atoms with Crippen LogP contribution in [0.15, 0.2) is 54.6 Å². The number of hydrogen-bond donors (Lipinski definition) is 2. The first-order valence-electron chi connectivity index (χ1n) is 15.3. The van der Waals surface area contributed by atoms with E-state index in [9.17, 15) is 19.2 Å². The van der Waals surface area contributed by atoms with E-state index in [0.29, 0.717) is 47.6 Å². The maximum Gasteiger partial charge on any atom is 0.321 e. The van der Waals surface area contributed by atoms with Crippen molar-refractivity contribution in [3.63, 3.8) is 0 Å². The van der Waals surface area contributed by atoms with E-state index in [1.54, 1.807) is 7.11 Å². The number of benzene rings is 2. The van der Waals surface area contributed by atoms with Crippen molar-refractivity contribution in [2.24, 2.45) is 23.5 Å². The number of amides is 4. The van der Waals surface area contributed by atoms with Crippen molar-refractivity contribution < 1.29 is 28.7 Å². The van der Waals surface area contributed by atoms with Crippen LogP contribution in [0.3, 0.4) is 0 Å². The maximum atomic E-state index is 13.8. The molecule has 5 atom stereocenters. The summed E-state index contributed by atoms with van der Waals surface area (Å²) in [6.45, 7) is 2.07. The van der Waals surface area contributed by atoms with Gasteiger partial charge in [0.15, 0.2) is 5.82 Å². The molecule has 5 unspecified atom stereocenters. The van der Waals surface area contributed by atoms with E-state index in [0.717, 1.165) is 22.4 Å². The summed E-state index contributed by atoms with van der Waals surface area (Å²) in [5, 5.41) is 3.53. The molecule has 0 spiro atoms. The van der Waals surface area contributed by atoms with E-state index in [2.05, 4.69) is 5.32 Å². The summed E-state index contributed by atoms with van der Waals surface area (Å²) in [5.41, 5.74) is 6.80. The van der Waals surface area contributed by atoms with E-state index in [4.69, 9.17) is 25.2 Å². The summed E-state index contributed by atoms with van der Waals surface area (Å²) in [5.74, 6) is -1.42. The molecule has 4 amide bonds. The molecule has 3 aromatic rings. The molecule has 2 saturated carbocycles. The molecular weight excluding hydrogens is 574 g/mol. The van der Waals surface area contributed by atoms with Crippen LogP contribution in [0.4, 0.5) is 4.79 Å². The minimum absolute atomic E-state index is 0.143. The van der Waals surface area contributed by atoms with Crippen LogP contribution in [0, 0.1) is 24.7 Å². The number of aryl methyl sites for hydroxylation is 1. The van der Waals surface area contributed by atoms with Gasteiger partial charge in [-0.1, -0.05) is 42.5 Å². The Hall–Kier alpha value is -4.80. The molecule has 3 aliphatic rings. The number of ether oxygens (including phenoxy) is 2. The molecule has 2 fully saturated rings. The number of aromatic nitrogens is 2. The first kappa shape index (κ1) is 30.2. The van der Waals surface area contributed by atoms with E-state index in [1.165, 1.54) is 0 Å². The fraction of sp³-hybridized carbons (Fsp3) is 0.412. The van der Waals surface area contributed by atoms with Crippen molar-refractivity contribution in [3.05, 3.63) is 60.2 Å². The molecule has 0 bridgehead atoms. The zero-order chi connectivity index (χ0) is 31.7. The largest absolute Gasteiger partial charge is 0.496 e. The highest BCUT2D eigenvalue weighted by Crippen LogP contribution is 2.45. The third kappa shape index (κ3) is 5.86. The number of allylic oxidation sites excluding steroid dienone is 1. The standard InChI is InChI=1S/C34H36N5O6/c1-20-27(44-2)14-13-24-28(20)36-29(21-10-6-5-7-11-21)37-31(24)45-23-16-25-26(17-23)32(42)39(33(35)43)15-9-4-3-8-12-22-18-34(22,19-40)38-30(25)41/h5-8,10-14,22-23,25-26H,3-4,9,15-18H2,1-2H3,(H2,35,43)(H,38,41)/b12-8+. The lowest BCUT2D eigenvalue weighted by atomic mass is 9.93. The second kappa shape index (κ2) is 12.3. The van der Waals surface area contributed by atoms with Gasteiger partial charge < -0.3 is 20.5 Å². The Balaban J connectivity index is 1.36. The van der Waals surface area contributed by atoms with E-state index >= 15 is 0 Å². The SMILES string of the molecule is COc1ccc2c(OC3CC4C(=O)NC5([C]=O)CC5/C=C/CCCCN(C(N)=O)C(=O)C4C3)nc(-c3ccccc3)nc2c1C. The third-order valence-electron chi connectivity index (χ3n) is 9.19. The average molecular weight is 611 g/mol. The van der Waals surface area contributed by atoms with Crippen molar-refractivity contribution in [1.29, 1.82) is 0 Å². The van der Waals surface area contributed by atoms with Gasteiger partial charge in [0.1, 0.15) is 17.4 Å². The highest BCUT2D eigenvalue weighted by atomic mass is 16.5. The molecule has 11 heteroatoms. The number of nitrogens with zero attached hydrogens (tertiary/aromatic N) is 3. The van der Waals surface area contributed by atoms with Crippen molar-refractivity contribution in [2.45, 2.75) is 57.1 Å². The number of nitrogens with one attached hydrogen (secondary N) is 1. The number of fused-ring (bicyclic) bond motifs is 3. The lowest BCUT2D eigenvalue weighted by Crippen LogP contribution is -2.49. The summed E-state index contributed by atoms with van der Waals surface area (Å²) < 4.78 is 12.1. The van der Waals surface area contributed by atoms with E-state index in [1.807, 2.05) is 67.8 Å². The van der Waals surface area contributed by atoms with Gasteiger partial charge in [0.05, 0.1) is 29.8 Å². The van der Waals surface area contributed by atoms with Gasteiger partial charge in [-0.15, -0.1) is 0 Å². The molecule has 1 aliphatic heterocycles. The maximum absolute atomic E-state index is 13.8. The highest BCUT2D eigenvalue weighted by molar-refractivity contribution is 5.98. The van der Waals surface area contributed by atoms with Crippen LogP contribution < -0.4 is 20.5 Å². The Morgan fingerprint density at radius 1 is 1.09 bits per heavy atom. The molecule has 1 aromatic heterocycles. The molecule has 233 valence electrons. The summed E-state index contributed by atoms with van der Waals surface area (Å²) in [6.07, 6.45) is 8.13. The Morgan fingerprint density at radius 2 is 1.87 bits per heavy atom. The minimum Gasteiger partial charge on any atom is -0.496 e. The van der Waals surface area contributed by atoms with Gasteiger partial charge in [-0.25, -0.2) is 9.78 Å². The molecular formula is C34H36N5O6. The topological polar surface area (TPSA) is 154 Å². The second-order valence-electron chi connectivity index (χ2n) is 12.1. The normalized spacial score (nSPS) is 27.5. The van der Waals surface area contributed by atoms with Gasteiger partial charge >= 0.3 is 6.03 Å². The number of primary amides is 1. The minimum atomic E-state index is -1.11. The quantitative estimate of drug-likeness (QED) is 0.411. The monoisotopic (exact) mass is 610 g/mol. The van der Waals surface area contributed by atoms with Crippen LogP contribution in [-0.2, 0) is 14.4 Å². The predicted molar refractivity (Wildman–Crippen MR) is 166 cm³/mol. The van der Waals surface area contributed by atoms with Gasteiger partial charge in [-0.3, -0.25) is 19.3 Å². The molecule has 11 nitrogen and oxygen atoms in total. The molecule has 2 aromatic carbocycles. The Morgan fingerprint density at radius 3 is 2.60 bits per heavy atom. The fourth-order valence-corrected chi connectivity index (χ4v) is 6.56. The zero-order valence-corrected chi connectivity index (χ0v) is 25.3. The van der Waals surface area contributed by atoms with Crippen molar-refractivity contribution in [1.82, 2.24) is 20.2 Å². The van der Waals surface area contributed by atoms with E-state index in [-0.39, 0.29) is 25.3 Å². The van der Waals surface area contributed by atoms with Crippen LogP contribution >= 0.6 is 0 Å². The molecule has 2 heterocycles. The Kier molecular flexibility index (Phi) is 8.26. The predicted octanol–water partition coefficient (Wildman–Crippen LogP) is 4.02. The summed E-state index contributed by atoms with van der Waals surface area (Å²) in [7, 11) is 1.60. The Labute approximate surface area is 261 Å². The molecule has 6 rings (SSSR count). The smallest absolute Gasteiger partial charge is 0.321 e. The summed E-state index contributed by atoms with van der Waals surface area (Å²) >= 11 is 0. The summed E-state index contributed by atoms with van der Waals surface area (Å²) in [6, 6.07) is 12.3. The lowest BCUT2D eigenvalue weighted by molar-refractivity contribution is -0.138. The van der Waals surface area contributed by atoms with Crippen LogP contribution in [-0.4, -0.2) is 64.3 Å². The van der Waals surface area contributed by atoms with Crippen LogP contribution in [0.25, 0.3) is 22.3 Å². The Bertz CT molecular complexity index is 1680. The number of imide groups is 1. The zero-order valence-electron chi connectivity index (χ0n) is 25.3. The number of nitrogens with two attached hydrogens (primary N) is 1. The van der Waals surface area contributed by atoms with Crippen LogP contribution in [0.1, 0.15) is 44.1 Å². The van der Waals surface area contributed by atoms with Gasteiger partial charge in [0.25, 0.3) is 0 Å². The number of urea groups is 1. The van der Waals surface area contributed by atoms with Crippen LogP contribution in [0.5, 0.6) is 11.6 Å². The number of carbonyl (C=O) groups is 3. The van der Waals surface area contributed by atoms with Crippen molar-refractivity contribution in [2.75, 3.05) is 13.7 Å². The first-order valence-corrected chi connectivity index (χ1v) is 15.3. The highest BCUT2D eigenvalue weighted by Gasteiger charge is 2.57. The van der Waals surface area contributed by atoms with Gasteiger partial charge in [0.2, 0.25) is 24.0 Å². The number of methoxy groups -OCH3 is 1. The van der Waals surface area contributed by atoms with Gasteiger partial charge in [-0.2, -0.15) is 4.98 Å².